The van der Waals surface area contributed by atoms with Gasteiger partial charge in [0.2, 0.25) is 10.0 Å². The Morgan fingerprint density at radius 2 is 1.83 bits per heavy atom. The number of fused-ring (bicyclic) bond motifs is 1. The summed E-state index contributed by atoms with van der Waals surface area (Å²) >= 11 is 6.00. The second-order valence-corrected chi connectivity index (χ2v) is 7.50. The Morgan fingerprint density at radius 3 is 2.50 bits per heavy atom. The van der Waals surface area contributed by atoms with Crippen molar-refractivity contribution in [3.63, 3.8) is 0 Å². The number of nitrogens with zero attached hydrogens (tertiary/aromatic N) is 1. The predicted molar refractivity (Wildman–Crippen MR) is 96.6 cm³/mol. The Labute approximate surface area is 145 Å². The molecule has 0 aliphatic rings. The molecule has 0 saturated carbocycles. The van der Waals surface area contributed by atoms with Crippen molar-refractivity contribution in [2.45, 2.75) is 17.9 Å². The summed E-state index contributed by atoms with van der Waals surface area (Å²) in [5, 5.41) is 10.1. The largest absolute Gasteiger partial charge is 0.378 e. The van der Waals surface area contributed by atoms with Crippen molar-refractivity contribution in [3.05, 3.63) is 65.3 Å². The molecule has 3 aromatic rings. The maximum atomic E-state index is 11.3. The number of hydrogen-bond acceptors (Lipinski definition) is 4. The van der Waals surface area contributed by atoms with Gasteiger partial charge in [-0.3, -0.25) is 4.98 Å². The molecular formula is C17H16ClN3O2S. The van der Waals surface area contributed by atoms with Gasteiger partial charge < -0.3 is 5.32 Å². The zero-order valence-electron chi connectivity index (χ0n) is 12.9. The minimum absolute atomic E-state index is 0.0270. The fourth-order valence-corrected chi connectivity index (χ4v) is 3.19. The Balaban J connectivity index is 1.88. The van der Waals surface area contributed by atoms with Crippen molar-refractivity contribution in [2.24, 2.45) is 5.14 Å². The van der Waals surface area contributed by atoms with E-state index in [0.29, 0.717) is 5.02 Å². The van der Waals surface area contributed by atoms with Gasteiger partial charge in [0.05, 0.1) is 10.4 Å². The van der Waals surface area contributed by atoms with Gasteiger partial charge in [0.25, 0.3) is 0 Å². The van der Waals surface area contributed by atoms with E-state index in [0.717, 1.165) is 22.2 Å². The zero-order valence-corrected chi connectivity index (χ0v) is 14.5. The lowest BCUT2D eigenvalue weighted by molar-refractivity contribution is 0.597. The fourth-order valence-electron chi connectivity index (χ4n) is 2.51. The first-order valence-electron chi connectivity index (χ1n) is 7.28. The summed E-state index contributed by atoms with van der Waals surface area (Å²) in [6, 6.07) is 13.9. The van der Waals surface area contributed by atoms with Crippen LogP contribution in [0, 0.1) is 0 Å². The van der Waals surface area contributed by atoms with E-state index in [2.05, 4.69) is 10.3 Å². The topological polar surface area (TPSA) is 85.1 Å². The number of hydrogen-bond donors (Lipinski definition) is 2. The number of primary sulfonamides is 1. The smallest absolute Gasteiger partial charge is 0.238 e. The van der Waals surface area contributed by atoms with E-state index >= 15 is 0 Å². The van der Waals surface area contributed by atoms with E-state index in [1.165, 1.54) is 12.1 Å². The summed E-state index contributed by atoms with van der Waals surface area (Å²) in [4.78, 5) is 4.42. The van der Waals surface area contributed by atoms with Crippen LogP contribution in [0.2, 0.25) is 5.02 Å². The molecule has 7 heteroatoms. The lowest BCUT2D eigenvalue weighted by Crippen LogP contribution is -2.12. The second-order valence-electron chi connectivity index (χ2n) is 5.50. The zero-order chi connectivity index (χ0) is 17.3. The number of sulfonamides is 1. The Morgan fingerprint density at radius 1 is 1.12 bits per heavy atom. The molecule has 0 unspecified atom stereocenters. The first-order valence-corrected chi connectivity index (χ1v) is 9.20. The number of benzene rings is 2. The van der Waals surface area contributed by atoms with Gasteiger partial charge in [-0.05, 0) is 48.9 Å². The first kappa shape index (κ1) is 16.7. The van der Waals surface area contributed by atoms with Crippen molar-refractivity contribution in [2.75, 3.05) is 5.32 Å². The average Bonchev–Trinajstić information content (AvgIpc) is 2.54. The molecule has 0 aliphatic heterocycles. The third-order valence-electron chi connectivity index (χ3n) is 3.79. The molecule has 24 heavy (non-hydrogen) atoms. The second kappa shape index (κ2) is 6.39. The molecule has 5 nitrogen and oxygen atoms in total. The molecule has 0 saturated heterocycles. The average molecular weight is 362 g/mol. The van der Waals surface area contributed by atoms with E-state index < -0.39 is 10.0 Å². The highest BCUT2D eigenvalue weighted by Crippen LogP contribution is 2.28. The van der Waals surface area contributed by atoms with E-state index in [1.54, 1.807) is 18.3 Å². The summed E-state index contributed by atoms with van der Waals surface area (Å²) in [5.41, 5.74) is 2.69. The first-order chi connectivity index (χ1) is 11.3. The SMILES string of the molecule is C[C@@H](Nc1ccnc2cc(Cl)ccc12)c1ccc(S(N)(=O)=O)cc1. The highest BCUT2D eigenvalue weighted by atomic mass is 35.5. The lowest BCUT2D eigenvalue weighted by Gasteiger charge is -2.17. The van der Waals surface area contributed by atoms with Crippen LogP contribution in [0.1, 0.15) is 18.5 Å². The summed E-state index contributed by atoms with van der Waals surface area (Å²) in [7, 11) is -3.68. The molecule has 0 radical (unpaired) electrons. The quantitative estimate of drug-likeness (QED) is 0.741. The van der Waals surface area contributed by atoms with Gasteiger partial charge in [-0.1, -0.05) is 23.7 Å². The third-order valence-corrected chi connectivity index (χ3v) is 4.95. The van der Waals surface area contributed by atoms with Crippen LogP contribution in [0.5, 0.6) is 0 Å². The van der Waals surface area contributed by atoms with Gasteiger partial charge in [-0.25, -0.2) is 13.6 Å². The van der Waals surface area contributed by atoms with Crippen molar-refractivity contribution in [3.8, 4) is 0 Å². The minimum Gasteiger partial charge on any atom is -0.378 e. The molecule has 0 amide bonds. The molecule has 124 valence electrons. The number of halogens is 1. The molecule has 0 aliphatic carbocycles. The predicted octanol–water partition coefficient (Wildman–Crippen LogP) is 3.71. The van der Waals surface area contributed by atoms with E-state index in [-0.39, 0.29) is 10.9 Å². The Hall–Kier alpha value is -2.15. The van der Waals surface area contributed by atoms with Gasteiger partial charge in [-0.2, -0.15) is 0 Å². The Kier molecular flexibility index (Phi) is 4.45. The number of pyridine rings is 1. The highest BCUT2D eigenvalue weighted by molar-refractivity contribution is 7.89. The number of nitrogens with one attached hydrogen (secondary N) is 1. The molecule has 0 bridgehead atoms. The van der Waals surface area contributed by atoms with Crippen LogP contribution in [0.3, 0.4) is 0 Å². The Bertz CT molecular complexity index is 988. The van der Waals surface area contributed by atoms with E-state index in [4.69, 9.17) is 16.7 Å². The molecule has 1 heterocycles. The normalized spacial score (nSPS) is 13.0. The van der Waals surface area contributed by atoms with E-state index in [9.17, 15) is 8.42 Å². The number of rotatable bonds is 4. The number of nitrogens with two attached hydrogens (primary N) is 1. The molecule has 1 atom stereocenters. The maximum absolute atomic E-state index is 11.3. The van der Waals surface area contributed by atoms with E-state index in [1.807, 2.05) is 31.2 Å². The van der Waals surface area contributed by atoms with Crippen LogP contribution >= 0.6 is 11.6 Å². The fraction of sp³-hybridized carbons (Fsp3) is 0.118. The van der Waals surface area contributed by atoms with Gasteiger partial charge in [0, 0.05) is 28.3 Å². The van der Waals surface area contributed by atoms with Gasteiger partial charge in [-0.15, -0.1) is 0 Å². The minimum atomic E-state index is -3.68. The number of anilines is 1. The van der Waals surface area contributed by atoms with Crippen LogP contribution < -0.4 is 10.5 Å². The van der Waals surface area contributed by atoms with Crippen LogP contribution in [-0.4, -0.2) is 13.4 Å². The summed E-state index contributed by atoms with van der Waals surface area (Å²) < 4.78 is 22.6. The molecular weight excluding hydrogens is 346 g/mol. The molecule has 3 rings (SSSR count). The van der Waals surface area contributed by atoms with Crippen molar-refractivity contribution in [1.29, 1.82) is 0 Å². The molecule has 0 spiro atoms. The monoisotopic (exact) mass is 361 g/mol. The lowest BCUT2D eigenvalue weighted by atomic mass is 10.1. The van der Waals surface area contributed by atoms with Crippen LogP contribution in [-0.2, 0) is 10.0 Å². The van der Waals surface area contributed by atoms with Crippen LogP contribution in [0.4, 0.5) is 5.69 Å². The van der Waals surface area contributed by atoms with Gasteiger partial charge in [0.1, 0.15) is 0 Å². The number of aromatic nitrogens is 1. The summed E-state index contributed by atoms with van der Waals surface area (Å²) in [6.45, 7) is 1.99. The molecule has 1 aromatic heterocycles. The summed E-state index contributed by atoms with van der Waals surface area (Å²) in [6.07, 6.45) is 1.72. The van der Waals surface area contributed by atoms with Gasteiger partial charge in [0.15, 0.2) is 0 Å². The standard InChI is InChI=1S/C17H16ClN3O2S/c1-11(12-2-5-14(6-3-12)24(19,22)23)21-16-8-9-20-17-10-13(18)4-7-15(16)17/h2-11H,1H3,(H,20,21)(H2,19,22,23)/t11-/m1/s1. The van der Waals surface area contributed by atoms with Gasteiger partial charge >= 0.3 is 0 Å². The van der Waals surface area contributed by atoms with Crippen molar-refractivity contribution < 1.29 is 8.42 Å². The molecule has 3 N–H and O–H groups in total. The van der Waals surface area contributed by atoms with Crippen LogP contribution in [0.25, 0.3) is 10.9 Å². The maximum Gasteiger partial charge on any atom is 0.238 e. The van der Waals surface area contributed by atoms with Crippen molar-refractivity contribution in [1.82, 2.24) is 4.98 Å². The highest BCUT2D eigenvalue weighted by Gasteiger charge is 2.11. The molecule has 2 aromatic carbocycles. The third kappa shape index (κ3) is 3.51. The van der Waals surface area contributed by atoms with Crippen LogP contribution in [0.15, 0.2) is 59.6 Å². The van der Waals surface area contributed by atoms with Crippen molar-refractivity contribution >= 4 is 38.2 Å². The summed E-state index contributed by atoms with van der Waals surface area (Å²) in [5.74, 6) is 0. The molecule has 0 fully saturated rings.